The molecule has 0 radical (unpaired) electrons. The maximum atomic E-state index is 14.3. The van der Waals surface area contributed by atoms with Gasteiger partial charge < -0.3 is 34.8 Å². The number of amides is 1. The Morgan fingerprint density at radius 3 is 2.15 bits per heavy atom. The van der Waals surface area contributed by atoms with Gasteiger partial charge >= 0.3 is 16.9 Å². The van der Waals surface area contributed by atoms with Gasteiger partial charge in [-0.2, -0.15) is 0 Å². The number of aromatic nitrogens is 3. The van der Waals surface area contributed by atoms with Crippen LogP contribution >= 0.6 is 0 Å². The molecule has 2 atom stereocenters. The van der Waals surface area contributed by atoms with E-state index in [1.807, 2.05) is 66.9 Å². The van der Waals surface area contributed by atoms with Gasteiger partial charge in [-0.1, -0.05) is 80.6 Å². The zero-order chi connectivity index (χ0) is 42.1. The lowest BCUT2D eigenvalue weighted by Crippen LogP contribution is -2.31. The van der Waals surface area contributed by atoms with Gasteiger partial charge in [0.05, 0.1) is 39.9 Å². The number of halogens is 1. The monoisotopic (exact) mass is 826 g/mol. The summed E-state index contributed by atoms with van der Waals surface area (Å²) in [6.07, 6.45) is -2.94. The smallest absolute Gasteiger partial charge is 0.415 e. The van der Waals surface area contributed by atoms with E-state index in [0.717, 1.165) is 5.56 Å². The third-order valence-electron chi connectivity index (χ3n) is 9.36. The zero-order valence-corrected chi connectivity index (χ0v) is 33.0. The standard InChI is InChI=1S/C43H43FN4O10S/c1-28(2)39-38(41(52)45-32-14-8-4-9-15-32)37(29-12-6-3-7-13-29)40(30-18-20-31(44)21-19-30)47(39)23-22-33(49)26-34(50)27-36(51)56-24-25-57-42-43(48(53)58-46-42)59(54,55)35-16-10-5-11-17-35/h3-21,28,33-34,49-50H,22-27H2,1-2H3,(H,45,52)/t33-,34-/m1/s1. The van der Waals surface area contributed by atoms with Gasteiger partial charge in [0.1, 0.15) is 19.0 Å². The highest BCUT2D eigenvalue weighted by Crippen LogP contribution is 2.42. The van der Waals surface area contributed by atoms with E-state index in [1.54, 1.807) is 30.3 Å². The number of para-hydroxylation sites is 1. The van der Waals surface area contributed by atoms with Crippen LogP contribution in [0.25, 0.3) is 22.4 Å². The maximum Gasteiger partial charge on any atom is 0.415 e. The van der Waals surface area contributed by atoms with Crippen LogP contribution in [0.4, 0.5) is 10.1 Å². The van der Waals surface area contributed by atoms with Crippen LogP contribution in [0.2, 0.25) is 0 Å². The van der Waals surface area contributed by atoms with Crippen LogP contribution in [-0.2, 0) is 25.9 Å². The van der Waals surface area contributed by atoms with Crippen LogP contribution in [0.15, 0.2) is 130 Å². The van der Waals surface area contributed by atoms with Crippen LogP contribution in [-0.4, -0.2) is 65.7 Å². The molecule has 16 heteroatoms. The number of esters is 1. The summed E-state index contributed by atoms with van der Waals surface area (Å²) < 4.78 is 57.0. The molecule has 0 spiro atoms. The zero-order valence-electron chi connectivity index (χ0n) is 32.2. The fraction of sp³-hybridized carbons (Fsp3) is 0.256. The summed E-state index contributed by atoms with van der Waals surface area (Å²) in [4.78, 5) is 26.4. The number of nitrogens with zero attached hydrogens (tertiary/aromatic N) is 3. The van der Waals surface area contributed by atoms with Crippen molar-refractivity contribution in [2.24, 2.45) is 0 Å². The van der Waals surface area contributed by atoms with Crippen molar-refractivity contribution in [3.8, 4) is 28.3 Å². The highest BCUT2D eigenvalue weighted by molar-refractivity contribution is 7.91. The van der Waals surface area contributed by atoms with E-state index in [1.165, 1.54) is 36.4 Å². The average Bonchev–Trinajstić information content (AvgIpc) is 3.78. The van der Waals surface area contributed by atoms with Gasteiger partial charge in [-0.05, 0) is 83.3 Å². The molecule has 308 valence electrons. The molecule has 6 rings (SSSR count). The molecule has 0 aliphatic heterocycles. The van der Waals surface area contributed by atoms with E-state index in [2.05, 4.69) is 15.1 Å². The van der Waals surface area contributed by atoms with Crippen molar-refractivity contribution in [2.75, 3.05) is 18.5 Å². The molecule has 2 heterocycles. The summed E-state index contributed by atoms with van der Waals surface area (Å²) in [5, 5.41) is 39.5. The van der Waals surface area contributed by atoms with Gasteiger partial charge in [0.15, 0.2) is 0 Å². The van der Waals surface area contributed by atoms with E-state index < -0.39 is 57.8 Å². The first kappa shape index (κ1) is 42.3. The molecule has 14 nitrogen and oxygen atoms in total. The molecule has 59 heavy (non-hydrogen) atoms. The van der Waals surface area contributed by atoms with Crippen molar-refractivity contribution in [1.29, 1.82) is 0 Å². The minimum Gasteiger partial charge on any atom is -0.462 e. The van der Waals surface area contributed by atoms with Gasteiger partial charge in [0, 0.05) is 23.5 Å². The van der Waals surface area contributed by atoms with Crippen LogP contribution < -0.4 is 15.0 Å². The molecule has 6 aromatic rings. The Morgan fingerprint density at radius 2 is 1.51 bits per heavy atom. The number of aliphatic hydroxyl groups excluding tert-OH is 2. The predicted octanol–water partition coefficient (Wildman–Crippen LogP) is 6.31. The predicted molar refractivity (Wildman–Crippen MR) is 213 cm³/mol. The van der Waals surface area contributed by atoms with E-state index in [9.17, 15) is 37.8 Å². The van der Waals surface area contributed by atoms with Crippen molar-refractivity contribution in [3.05, 3.63) is 138 Å². The molecule has 0 bridgehead atoms. The summed E-state index contributed by atoms with van der Waals surface area (Å²) >= 11 is 0. The SMILES string of the molecule is CC(C)c1c(C(=O)Nc2ccccc2)c(-c2ccccc2)c(-c2ccc(F)cc2)n1CC[C@@H](O)C[C@@H](O)CC(=O)OCCOc1no[n+]([O-])c1S(=O)(=O)c1ccccc1. The lowest BCUT2D eigenvalue weighted by molar-refractivity contribution is -0.832. The highest BCUT2D eigenvalue weighted by atomic mass is 32.2. The Hall–Kier alpha value is -6.36. The maximum absolute atomic E-state index is 14.3. The first-order valence-corrected chi connectivity index (χ1v) is 20.3. The molecule has 0 unspecified atom stereocenters. The van der Waals surface area contributed by atoms with Crippen molar-refractivity contribution >= 4 is 27.4 Å². The molecule has 3 N–H and O–H groups in total. The van der Waals surface area contributed by atoms with E-state index in [0.29, 0.717) is 33.8 Å². The Labute approximate surface area is 339 Å². The summed E-state index contributed by atoms with van der Waals surface area (Å²) in [5.74, 6) is -2.39. The van der Waals surface area contributed by atoms with Gasteiger partial charge in [0.25, 0.3) is 15.7 Å². The normalized spacial score (nSPS) is 12.6. The fourth-order valence-corrected chi connectivity index (χ4v) is 8.08. The second-order valence-electron chi connectivity index (χ2n) is 13.9. The summed E-state index contributed by atoms with van der Waals surface area (Å²) in [5.41, 5.74) is 4.43. The van der Waals surface area contributed by atoms with Crippen molar-refractivity contribution in [2.45, 2.75) is 67.7 Å². The van der Waals surface area contributed by atoms with Gasteiger partial charge in [-0.15, -0.1) is 0 Å². The molecule has 1 amide bonds. The quantitative estimate of drug-likeness (QED) is 0.0499. The topological polar surface area (TPSA) is 197 Å². The second kappa shape index (κ2) is 18.9. The number of rotatable bonds is 18. The highest BCUT2D eigenvalue weighted by Gasteiger charge is 2.36. The number of aliphatic hydroxyl groups is 2. The minimum atomic E-state index is -4.34. The lowest BCUT2D eigenvalue weighted by atomic mass is 9.94. The number of anilines is 1. The first-order valence-electron chi connectivity index (χ1n) is 18.8. The largest absolute Gasteiger partial charge is 0.462 e. The van der Waals surface area contributed by atoms with Crippen LogP contribution in [0, 0.1) is 11.0 Å². The Morgan fingerprint density at radius 1 is 0.881 bits per heavy atom. The number of carbonyl (C=O) groups is 2. The van der Waals surface area contributed by atoms with Crippen molar-refractivity contribution in [1.82, 2.24) is 9.72 Å². The van der Waals surface area contributed by atoms with E-state index in [-0.39, 0.29) is 47.6 Å². The Bertz CT molecular complexity index is 2460. The average molecular weight is 827 g/mol. The van der Waals surface area contributed by atoms with Crippen LogP contribution in [0.1, 0.15) is 55.1 Å². The molecule has 0 saturated heterocycles. The molecular formula is C43H43FN4O10S. The third-order valence-corrected chi connectivity index (χ3v) is 11.1. The summed E-state index contributed by atoms with van der Waals surface area (Å²) in [7, 11) is -4.34. The molecule has 4 aromatic carbocycles. The van der Waals surface area contributed by atoms with Crippen LogP contribution in [0.3, 0.4) is 0 Å². The lowest BCUT2D eigenvalue weighted by Gasteiger charge is -2.20. The number of hydrogen-bond donors (Lipinski definition) is 3. The number of ether oxygens (including phenoxy) is 2. The Kier molecular flexibility index (Phi) is 13.6. The number of benzene rings is 4. The second-order valence-corrected chi connectivity index (χ2v) is 15.8. The number of nitrogens with one attached hydrogen (secondary N) is 1. The minimum absolute atomic E-state index is 0.113. The number of carbonyl (C=O) groups excluding carboxylic acids is 2. The van der Waals surface area contributed by atoms with Crippen LogP contribution in [0.5, 0.6) is 5.88 Å². The van der Waals surface area contributed by atoms with E-state index in [4.69, 9.17) is 9.47 Å². The van der Waals surface area contributed by atoms with Gasteiger partial charge in [-0.25, -0.2) is 12.8 Å². The molecule has 2 aromatic heterocycles. The molecule has 0 aliphatic carbocycles. The molecular weight excluding hydrogens is 784 g/mol. The third kappa shape index (κ3) is 10.0. The fourth-order valence-electron chi connectivity index (χ4n) is 6.79. The molecule has 0 fully saturated rings. The van der Waals surface area contributed by atoms with Gasteiger partial charge in [-0.3, -0.25) is 14.2 Å². The number of sulfone groups is 1. The van der Waals surface area contributed by atoms with Crippen molar-refractivity contribution in [3.63, 3.8) is 0 Å². The summed E-state index contributed by atoms with van der Waals surface area (Å²) in [6, 6.07) is 31.6. The number of hydrogen-bond acceptors (Lipinski definition) is 11. The first-order chi connectivity index (χ1) is 28.3. The van der Waals surface area contributed by atoms with Crippen molar-refractivity contribution < 1.29 is 51.6 Å². The van der Waals surface area contributed by atoms with E-state index >= 15 is 0 Å². The summed E-state index contributed by atoms with van der Waals surface area (Å²) in [6.45, 7) is 3.34. The van der Waals surface area contributed by atoms with Gasteiger partial charge in [0.2, 0.25) is 0 Å². The molecule has 0 aliphatic rings. The Balaban J connectivity index is 1.14. The molecule has 0 saturated carbocycles.